The first kappa shape index (κ1) is 14.1. The van der Waals surface area contributed by atoms with E-state index in [9.17, 15) is 19.2 Å². The van der Waals surface area contributed by atoms with Crippen LogP contribution in [0.25, 0.3) is 0 Å². The second-order valence-corrected chi connectivity index (χ2v) is 3.68. The maximum Gasteiger partial charge on any atom is 0.334 e. The van der Waals surface area contributed by atoms with Gasteiger partial charge >= 0.3 is 5.97 Å². The van der Waals surface area contributed by atoms with E-state index in [0.29, 0.717) is 5.06 Å². The lowest BCUT2D eigenvalue weighted by molar-refractivity contribution is -0.197. The Labute approximate surface area is 104 Å². The maximum absolute atomic E-state index is 11.3. The van der Waals surface area contributed by atoms with Crippen molar-refractivity contribution < 1.29 is 24.0 Å². The van der Waals surface area contributed by atoms with Crippen LogP contribution in [0.15, 0.2) is 0 Å². The molecule has 1 aliphatic rings. The van der Waals surface area contributed by atoms with Crippen LogP contribution in [-0.2, 0) is 24.0 Å². The Kier molecular flexibility index (Phi) is 5.25. The van der Waals surface area contributed by atoms with Gasteiger partial charge in [0.15, 0.2) is 0 Å². The van der Waals surface area contributed by atoms with Gasteiger partial charge < -0.3 is 15.5 Å². The third-order valence-corrected chi connectivity index (χ3v) is 2.19. The van der Waals surface area contributed by atoms with Crippen molar-refractivity contribution in [3.8, 4) is 0 Å². The summed E-state index contributed by atoms with van der Waals surface area (Å²) in [6.45, 7) is 0.244. The lowest BCUT2D eigenvalue weighted by atomic mass is 10.4. The van der Waals surface area contributed by atoms with Gasteiger partial charge in [0.25, 0.3) is 11.8 Å². The quantitative estimate of drug-likeness (QED) is 0.551. The van der Waals surface area contributed by atoms with Crippen LogP contribution in [-0.4, -0.2) is 48.9 Å². The van der Waals surface area contributed by atoms with Crippen LogP contribution in [0.1, 0.15) is 19.3 Å². The van der Waals surface area contributed by atoms with Crippen LogP contribution in [0.5, 0.6) is 0 Å². The van der Waals surface area contributed by atoms with Crippen LogP contribution >= 0.6 is 0 Å². The molecule has 18 heavy (non-hydrogen) atoms. The summed E-state index contributed by atoms with van der Waals surface area (Å²) in [7, 11) is 1.62. The molecular formula is C10H15N3O5. The van der Waals surface area contributed by atoms with E-state index in [1.807, 2.05) is 0 Å². The van der Waals surface area contributed by atoms with E-state index in [0.717, 1.165) is 0 Å². The van der Waals surface area contributed by atoms with Crippen molar-refractivity contribution in [2.75, 3.05) is 20.1 Å². The third-order valence-electron chi connectivity index (χ3n) is 2.19. The van der Waals surface area contributed by atoms with Gasteiger partial charge in [-0.1, -0.05) is 0 Å². The fourth-order valence-electron chi connectivity index (χ4n) is 1.33. The predicted octanol–water partition coefficient (Wildman–Crippen LogP) is -1.68. The number of carbonyl (C=O) groups excluding carboxylic acids is 4. The maximum atomic E-state index is 11.3. The zero-order chi connectivity index (χ0) is 13.5. The van der Waals surface area contributed by atoms with Gasteiger partial charge in [-0.2, -0.15) is 0 Å². The van der Waals surface area contributed by atoms with Gasteiger partial charge in [-0.15, -0.1) is 5.06 Å². The average molecular weight is 257 g/mol. The molecule has 1 heterocycles. The molecule has 100 valence electrons. The Hall–Kier alpha value is -1.96. The topological polar surface area (TPSA) is 105 Å². The lowest BCUT2D eigenvalue weighted by Crippen LogP contribution is -2.36. The van der Waals surface area contributed by atoms with E-state index in [2.05, 4.69) is 15.5 Å². The van der Waals surface area contributed by atoms with Crippen LogP contribution < -0.4 is 10.6 Å². The number of nitrogens with zero attached hydrogens (tertiary/aromatic N) is 1. The van der Waals surface area contributed by atoms with Crippen LogP contribution in [0.4, 0.5) is 0 Å². The monoisotopic (exact) mass is 257 g/mol. The predicted molar refractivity (Wildman–Crippen MR) is 58.7 cm³/mol. The summed E-state index contributed by atoms with van der Waals surface area (Å²) in [6, 6.07) is 0. The van der Waals surface area contributed by atoms with E-state index in [1.54, 1.807) is 7.05 Å². The minimum Gasteiger partial charge on any atom is -0.354 e. The molecule has 0 spiro atoms. The van der Waals surface area contributed by atoms with Crippen molar-refractivity contribution in [3.05, 3.63) is 0 Å². The largest absolute Gasteiger partial charge is 0.354 e. The minimum atomic E-state index is -0.733. The van der Waals surface area contributed by atoms with Crippen molar-refractivity contribution in [2.24, 2.45) is 0 Å². The Balaban J connectivity index is 2.23. The Bertz CT molecular complexity index is 353. The normalized spacial score (nSPS) is 14.8. The summed E-state index contributed by atoms with van der Waals surface area (Å²) in [4.78, 5) is 49.2. The number of amides is 3. The fraction of sp³-hybridized carbons (Fsp3) is 0.600. The zero-order valence-electron chi connectivity index (χ0n) is 10.0. The Morgan fingerprint density at radius 1 is 1.28 bits per heavy atom. The summed E-state index contributed by atoms with van der Waals surface area (Å²) in [5.74, 6) is -2.03. The molecule has 0 unspecified atom stereocenters. The average Bonchev–Trinajstić information content (AvgIpc) is 2.61. The molecular weight excluding hydrogens is 242 g/mol. The molecule has 1 fully saturated rings. The van der Waals surface area contributed by atoms with Crippen molar-refractivity contribution in [2.45, 2.75) is 19.3 Å². The molecule has 0 aliphatic carbocycles. The molecule has 0 aromatic rings. The Morgan fingerprint density at radius 3 is 2.44 bits per heavy atom. The smallest absolute Gasteiger partial charge is 0.334 e. The third kappa shape index (κ3) is 4.13. The van der Waals surface area contributed by atoms with E-state index in [1.165, 1.54) is 0 Å². The molecule has 0 radical (unpaired) electrons. The first-order chi connectivity index (χ1) is 8.54. The molecule has 3 amide bonds. The van der Waals surface area contributed by atoms with E-state index in [4.69, 9.17) is 0 Å². The highest BCUT2D eigenvalue weighted by Crippen LogP contribution is 2.12. The van der Waals surface area contributed by atoms with Gasteiger partial charge in [-0.05, 0) is 7.05 Å². The van der Waals surface area contributed by atoms with Crippen molar-refractivity contribution in [1.82, 2.24) is 15.7 Å². The van der Waals surface area contributed by atoms with Crippen LogP contribution in [0.3, 0.4) is 0 Å². The van der Waals surface area contributed by atoms with Crippen molar-refractivity contribution >= 4 is 23.7 Å². The molecule has 1 saturated heterocycles. The molecule has 2 N–H and O–H groups in total. The second kappa shape index (κ2) is 6.70. The highest BCUT2D eigenvalue weighted by molar-refractivity contribution is 6.01. The summed E-state index contributed by atoms with van der Waals surface area (Å²) in [5.41, 5.74) is 0. The number of hydrogen-bond donors (Lipinski definition) is 2. The SMILES string of the molecule is CNCC(=O)NCCC(=O)ON1C(=O)CCC1=O. The number of imide groups is 1. The highest BCUT2D eigenvalue weighted by Gasteiger charge is 2.32. The minimum absolute atomic E-state index is 0.0605. The van der Waals surface area contributed by atoms with Gasteiger partial charge in [0.2, 0.25) is 5.91 Å². The molecule has 0 bridgehead atoms. The second-order valence-electron chi connectivity index (χ2n) is 3.68. The van der Waals surface area contributed by atoms with Gasteiger partial charge in [-0.25, -0.2) is 4.79 Å². The highest BCUT2D eigenvalue weighted by atomic mass is 16.7. The molecule has 0 atom stereocenters. The number of rotatable bonds is 6. The lowest BCUT2D eigenvalue weighted by Gasteiger charge is -2.12. The number of carbonyl (C=O) groups is 4. The molecule has 0 aromatic carbocycles. The van der Waals surface area contributed by atoms with Crippen LogP contribution in [0.2, 0.25) is 0 Å². The molecule has 1 rings (SSSR count). The van der Waals surface area contributed by atoms with Crippen molar-refractivity contribution in [3.63, 3.8) is 0 Å². The van der Waals surface area contributed by atoms with E-state index >= 15 is 0 Å². The fourth-order valence-corrected chi connectivity index (χ4v) is 1.33. The number of hydrogen-bond acceptors (Lipinski definition) is 6. The molecule has 1 aliphatic heterocycles. The number of hydroxylamine groups is 2. The molecule has 0 saturated carbocycles. The summed E-state index contributed by atoms with van der Waals surface area (Å²) >= 11 is 0. The molecule has 8 heteroatoms. The summed E-state index contributed by atoms with van der Waals surface area (Å²) < 4.78 is 0. The zero-order valence-corrected chi connectivity index (χ0v) is 10.0. The van der Waals surface area contributed by atoms with Gasteiger partial charge in [0.05, 0.1) is 13.0 Å². The van der Waals surface area contributed by atoms with Gasteiger partial charge in [0, 0.05) is 19.4 Å². The summed E-state index contributed by atoms with van der Waals surface area (Å²) in [6.07, 6.45) is 0.0164. The van der Waals surface area contributed by atoms with Gasteiger partial charge in [0.1, 0.15) is 0 Å². The number of likely N-dealkylation sites (N-methyl/N-ethyl adjacent to an activating group) is 1. The molecule has 8 nitrogen and oxygen atoms in total. The summed E-state index contributed by atoms with van der Waals surface area (Å²) in [5, 5.41) is 5.61. The van der Waals surface area contributed by atoms with Crippen LogP contribution in [0, 0.1) is 0 Å². The standard InChI is InChI=1S/C10H15N3O5/c1-11-6-7(14)12-5-4-10(17)18-13-8(15)2-3-9(13)16/h11H,2-6H2,1H3,(H,12,14). The first-order valence-electron chi connectivity index (χ1n) is 5.52. The van der Waals surface area contributed by atoms with Crippen molar-refractivity contribution in [1.29, 1.82) is 0 Å². The van der Waals surface area contributed by atoms with E-state index in [-0.39, 0.29) is 38.3 Å². The van der Waals surface area contributed by atoms with Gasteiger partial charge in [-0.3, -0.25) is 14.4 Å². The number of nitrogens with one attached hydrogen (secondary N) is 2. The first-order valence-corrected chi connectivity index (χ1v) is 5.52. The van der Waals surface area contributed by atoms with E-state index < -0.39 is 17.8 Å². The molecule has 0 aromatic heterocycles. The Morgan fingerprint density at radius 2 is 1.89 bits per heavy atom.